The summed E-state index contributed by atoms with van der Waals surface area (Å²) in [4.78, 5) is 27.8. The van der Waals surface area contributed by atoms with Crippen LogP contribution in [0.5, 0.6) is 0 Å². The van der Waals surface area contributed by atoms with E-state index in [1.807, 2.05) is 6.92 Å². The number of allylic oxidation sites excluding steroid dienone is 1. The molecule has 0 bridgehead atoms. The molecule has 0 aliphatic carbocycles. The van der Waals surface area contributed by atoms with Crippen LogP contribution in [-0.2, 0) is 9.59 Å². The van der Waals surface area contributed by atoms with Crippen molar-refractivity contribution in [2.24, 2.45) is 11.1 Å². The van der Waals surface area contributed by atoms with Crippen molar-refractivity contribution in [1.82, 2.24) is 9.80 Å². The highest BCUT2D eigenvalue weighted by Crippen LogP contribution is 2.36. The predicted molar refractivity (Wildman–Crippen MR) is 80.0 cm³/mol. The normalized spacial score (nSPS) is 19.4. The molecule has 1 heterocycles. The van der Waals surface area contributed by atoms with E-state index >= 15 is 0 Å². The lowest BCUT2D eigenvalue weighted by Crippen LogP contribution is -2.50. The minimum absolute atomic E-state index is 0.0922. The van der Waals surface area contributed by atoms with Gasteiger partial charge in [0.15, 0.2) is 0 Å². The number of piperidine rings is 1. The summed E-state index contributed by atoms with van der Waals surface area (Å²) in [7, 11) is 3.55. The van der Waals surface area contributed by atoms with Crippen LogP contribution < -0.4 is 5.73 Å². The summed E-state index contributed by atoms with van der Waals surface area (Å²) in [5.74, 6) is -0.0938. The largest absolute Gasteiger partial charge is 0.393 e. The van der Waals surface area contributed by atoms with Crippen LogP contribution in [0.1, 0.15) is 33.1 Å². The second-order valence-electron chi connectivity index (χ2n) is 5.57. The molecule has 1 saturated heterocycles. The SMILES string of the molecule is CCC1(C(=O)N(C)C)CCN(C(=O)/C(N)=C(/C)Cl)CC1. The van der Waals surface area contributed by atoms with Crippen LogP contribution in [0.25, 0.3) is 0 Å². The fourth-order valence-electron chi connectivity index (χ4n) is 2.65. The van der Waals surface area contributed by atoms with Crippen LogP contribution in [-0.4, -0.2) is 48.8 Å². The summed E-state index contributed by atoms with van der Waals surface area (Å²) in [6.45, 7) is 4.70. The van der Waals surface area contributed by atoms with Gasteiger partial charge in [0.05, 0.1) is 5.41 Å². The Labute approximate surface area is 125 Å². The van der Waals surface area contributed by atoms with Gasteiger partial charge in [0, 0.05) is 32.2 Å². The first-order valence-electron chi connectivity index (χ1n) is 6.88. The summed E-state index contributed by atoms with van der Waals surface area (Å²) in [5.41, 5.74) is 5.42. The highest BCUT2D eigenvalue weighted by Gasteiger charge is 2.41. The lowest BCUT2D eigenvalue weighted by Gasteiger charge is -2.41. The molecule has 20 heavy (non-hydrogen) atoms. The van der Waals surface area contributed by atoms with Crippen molar-refractivity contribution in [3.05, 3.63) is 10.7 Å². The summed E-state index contributed by atoms with van der Waals surface area (Å²) >= 11 is 5.76. The van der Waals surface area contributed by atoms with E-state index in [4.69, 9.17) is 17.3 Å². The molecule has 2 N–H and O–H groups in total. The number of rotatable bonds is 3. The quantitative estimate of drug-likeness (QED) is 0.804. The number of hydrogen-bond acceptors (Lipinski definition) is 3. The van der Waals surface area contributed by atoms with Crippen LogP contribution in [0.4, 0.5) is 0 Å². The van der Waals surface area contributed by atoms with Crippen molar-refractivity contribution >= 4 is 23.4 Å². The van der Waals surface area contributed by atoms with E-state index < -0.39 is 0 Å². The van der Waals surface area contributed by atoms with Gasteiger partial charge >= 0.3 is 0 Å². The summed E-state index contributed by atoms with van der Waals surface area (Å²) in [6.07, 6.45) is 2.12. The third-order valence-corrected chi connectivity index (χ3v) is 4.35. The number of halogens is 1. The van der Waals surface area contributed by atoms with Crippen LogP contribution in [0.2, 0.25) is 0 Å². The molecular weight excluding hydrogens is 278 g/mol. The van der Waals surface area contributed by atoms with Crippen molar-refractivity contribution in [3.63, 3.8) is 0 Å². The zero-order chi connectivity index (χ0) is 15.5. The molecule has 0 aromatic rings. The van der Waals surface area contributed by atoms with Crippen molar-refractivity contribution in [1.29, 1.82) is 0 Å². The second kappa shape index (κ2) is 6.48. The molecule has 0 saturated carbocycles. The Bertz CT molecular complexity index is 420. The lowest BCUT2D eigenvalue weighted by atomic mass is 9.75. The van der Waals surface area contributed by atoms with E-state index in [1.54, 1.807) is 30.8 Å². The minimum atomic E-state index is -0.352. The Hall–Kier alpha value is -1.23. The third-order valence-electron chi connectivity index (χ3n) is 4.15. The van der Waals surface area contributed by atoms with Gasteiger partial charge in [-0.25, -0.2) is 0 Å². The van der Waals surface area contributed by atoms with Crippen LogP contribution in [0, 0.1) is 5.41 Å². The van der Waals surface area contributed by atoms with Crippen LogP contribution in [0.15, 0.2) is 10.7 Å². The number of carbonyl (C=O) groups is 2. The Morgan fingerprint density at radius 1 is 1.30 bits per heavy atom. The molecule has 1 aliphatic heterocycles. The number of amides is 2. The maximum atomic E-state index is 12.3. The smallest absolute Gasteiger partial charge is 0.270 e. The molecule has 0 spiro atoms. The van der Waals surface area contributed by atoms with Crippen LogP contribution >= 0.6 is 11.6 Å². The molecule has 0 atom stereocenters. The van der Waals surface area contributed by atoms with E-state index in [0.29, 0.717) is 31.0 Å². The molecule has 0 aromatic heterocycles. The monoisotopic (exact) mass is 301 g/mol. The van der Waals surface area contributed by atoms with Gasteiger partial charge in [-0.05, 0) is 26.2 Å². The molecule has 0 aromatic carbocycles. The van der Waals surface area contributed by atoms with Crippen molar-refractivity contribution < 1.29 is 9.59 Å². The van der Waals surface area contributed by atoms with E-state index in [1.165, 1.54) is 0 Å². The molecule has 2 amide bonds. The predicted octanol–water partition coefficient (Wildman–Crippen LogP) is 1.52. The molecule has 1 aliphatic rings. The van der Waals surface area contributed by atoms with Gasteiger partial charge in [0.2, 0.25) is 5.91 Å². The topological polar surface area (TPSA) is 66.6 Å². The average molecular weight is 302 g/mol. The van der Waals surface area contributed by atoms with Gasteiger partial charge in [-0.15, -0.1) is 0 Å². The Kier molecular flexibility index (Phi) is 5.45. The number of hydrogen-bond donors (Lipinski definition) is 1. The second-order valence-corrected chi connectivity index (χ2v) is 6.14. The first-order valence-corrected chi connectivity index (χ1v) is 7.26. The molecule has 6 heteroatoms. The maximum Gasteiger partial charge on any atom is 0.270 e. The number of nitrogens with two attached hydrogens (primary N) is 1. The Morgan fingerprint density at radius 2 is 1.80 bits per heavy atom. The van der Waals surface area contributed by atoms with Gasteiger partial charge in [-0.1, -0.05) is 18.5 Å². The molecule has 0 unspecified atom stereocenters. The molecule has 114 valence electrons. The van der Waals surface area contributed by atoms with Crippen molar-refractivity contribution in [2.75, 3.05) is 27.2 Å². The van der Waals surface area contributed by atoms with Crippen molar-refractivity contribution in [2.45, 2.75) is 33.1 Å². The van der Waals surface area contributed by atoms with E-state index in [-0.39, 0.29) is 22.9 Å². The first-order chi connectivity index (χ1) is 9.25. The average Bonchev–Trinajstić information content (AvgIpc) is 2.44. The zero-order valence-corrected chi connectivity index (χ0v) is 13.5. The van der Waals surface area contributed by atoms with E-state index in [9.17, 15) is 9.59 Å². The van der Waals surface area contributed by atoms with Gasteiger partial charge in [-0.2, -0.15) is 0 Å². The number of nitrogens with zero attached hydrogens (tertiary/aromatic N) is 2. The highest BCUT2D eigenvalue weighted by atomic mass is 35.5. The summed E-state index contributed by atoms with van der Waals surface area (Å²) < 4.78 is 0. The fourth-order valence-corrected chi connectivity index (χ4v) is 2.73. The van der Waals surface area contributed by atoms with Gasteiger partial charge in [0.25, 0.3) is 5.91 Å². The zero-order valence-electron chi connectivity index (χ0n) is 12.7. The van der Waals surface area contributed by atoms with E-state index in [2.05, 4.69) is 0 Å². The minimum Gasteiger partial charge on any atom is -0.393 e. The Morgan fingerprint density at radius 3 is 2.15 bits per heavy atom. The first kappa shape index (κ1) is 16.8. The maximum absolute atomic E-state index is 12.3. The fraction of sp³-hybridized carbons (Fsp3) is 0.714. The molecular formula is C14H24ClN3O2. The van der Waals surface area contributed by atoms with E-state index in [0.717, 1.165) is 6.42 Å². The highest BCUT2D eigenvalue weighted by molar-refractivity contribution is 6.31. The van der Waals surface area contributed by atoms with Gasteiger partial charge < -0.3 is 15.5 Å². The molecule has 5 nitrogen and oxygen atoms in total. The molecule has 1 rings (SSSR count). The van der Waals surface area contributed by atoms with Crippen molar-refractivity contribution in [3.8, 4) is 0 Å². The molecule has 1 fully saturated rings. The summed E-state index contributed by atoms with van der Waals surface area (Å²) in [5, 5.41) is 0.312. The lowest BCUT2D eigenvalue weighted by molar-refractivity contribution is -0.145. The number of carbonyl (C=O) groups excluding carboxylic acids is 2. The molecule has 0 radical (unpaired) electrons. The number of likely N-dealkylation sites (tertiary alicyclic amines) is 1. The third kappa shape index (κ3) is 3.26. The summed E-state index contributed by atoms with van der Waals surface area (Å²) in [6, 6.07) is 0. The van der Waals surface area contributed by atoms with Crippen LogP contribution in [0.3, 0.4) is 0 Å². The standard InChI is InChI=1S/C14H24ClN3O2/c1-5-14(13(20)17(3)4)6-8-18(9-7-14)12(19)11(16)10(2)15/h5-9,16H2,1-4H3/b11-10+. The Balaban J connectivity index is 2.79. The van der Waals surface area contributed by atoms with Gasteiger partial charge in [0.1, 0.15) is 5.70 Å². The van der Waals surface area contributed by atoms with Gasteiger partial charge in [-0.3, -0.25) is 9.59 Å².